The Bertz CT molecular complexity index is 831. The van der Waals surface area contributed by atoms with Crippen molar-refractivity contribution in [3.05, 3.63) is 30.3 Å². The second-order valence-electron chi connectivity index (χ2n) is 4.06. The van der Waals surface area contributed by atoms with Gasteiger partial charge in [-0.25, -0.2) is 13.6 Å². The highest BCUT2D eigenvalue weighted by atomic mass is 32.2. The van der Waals surface area contributed by atoms with Gasteiger partial charge in [0.2, 0.25) is 0 Å². The van der Waals surface area contributed by atoms with Crippen molar-refractivity contribution < 1.29 is 8.42 Å². The van der Waals surface area contributed by atoms with Crippen molar-refractivity contribution in [2.75, 3.05) is 0 Å². The van der Waals surface area contributed by atoms with E-state index in [9.17, 15) is 8.42 Å². The van der Waals surface area contributed by atoms with E-state index in [0.717, 1.165) is 15.0 Å². The van der Waals surface area contributed by atoms with E-state index in [4.69, 9.17) is 5.14 Å². The van der Waals surface area contributed by atoms with Crippen LogP contribution < -0.4 is 5.14 Å². The Kier molecular flexibility index (Phi) is 2.66. The zero-order chi connectivity index (χ0) is 13.6. The number of nitrogens with two attached hydrogens (primary N) is 1. The van der Waals surface area contributed by atoms with Gasteiger partial charge in [-0.2, -0.15) is 0 Å². The van der Waals surface area contributed by atoms with Crippen LogP contribution in [0.3, 0.4) is 0 Å². The summed E-state index contributed by atoms with van der Waals surface area (Å²) in [5.74, 6) is 0.491. The zero-order valence-corrected chi connectivity index (χ0v) is 11.6. The minimum atomic E-state index is -3.86. The van der Waals surface area contributed by atoms with E-state index in [1.54, 1.807) is 7.05 Å². The van der Waals surface area contributed by atoms with Crippen LogP contribution in [0.25, 0.3) is 20.8 Å². The SMILES string of the molecule is Cn1c(-c2cc3ccccc3s2)nnc1S(N)(=O)=O. The van der Waals surface area contributed by atoms with Gasteiger partial charge in [0, 0.05) is 11.7 Å². The molecule has 0 aliphatic carbocycles. The monoisotopic (exact) mass is 294 g/mol. The second-order valence-corrected chi connectivity index (χ2v) is 6.60. The van der Waals surface area contributed by atoms with Crippen LogP contribution in [0.1, 0.15) is 0 Å². The highest BCUT2D eigenvalue weighted by molar-refractivity contribution is 7.89. The summed E-state index contributed by atoms with van der Waals surface area (Å²) in [6, 6.07) is 9.85. The van der Waals surface area contributed by atoms with Crippen LogP contribution in [-0.2, 0) is 17.1 Å². The van der Waals surface area contributed by atoms with E-state index in [0.29, 0.717) is 5.82 Å². The average molecular weight is 294 g/mol. The lowest BCUT2D eigenvalue weighted by atomic mass is 10.2. The molecular weight excluding hydrogens is 284 g/mol. The molecule has 0 saturated carbocycles. The molecule has 0 radical (unpaired) electrons. The average Bonchev–Trinajstić information content (AvgIpc) is 2.90. The summed E-state index contributed by atoms with van der Waals surface area (Å²) in [5.41, 5.74) is 0. The molecule has 0 fully saturated rings. The van der Waals surface area contributed by atoms with Gasteiger partial charge >= 0.3 is 0 Å². The normalized spacial score (nSPS) is 12.1. The first kappa shape index (κ1) is 12.3. The van der Waals surface area contributed by atoms with E-state index in [-0.39, 0.29) is 5.16 Å². The van der Waals surface area contributed by atoms with Crippen molar-refractivity contribution >= 4 is 31.4 Å². The van der Waals surface area contributed by atoms with Crippen LogP contribution >= 0.6 is 11.3 Å². The molecule has 0 amide bonds. The predicted molar refractivity (Wildman–Crippen MR) is 73.2 cm³/mol. The number of hydrogen-bond donors (Lipinski definition) is 1. The summed E-state index contributed by atoms with van der Waals surface area (Å²) in [4.78, 5) is 0.853. The van der Waals surface area contributed by atoms with Crippen molar-refractivity contribution in [1.82, 2.24) is 14.8 Å². The third-order valence-electron chi connectivity index (χ3n) is 2.74. The topological polar surface area (TPSA) is 90.9 Å². The summed E-state index contributed by atoms with van der Waals surface area (Å²) in [7, 11) is -2.27. The largest absolute Gasteiger partial charge is 0.299 e. The second kappa shape index (κ2) is 4.12. The van der Waals surface area contributed by atoms with E-state index in [1.807, 2.05) is 30.3 Å². The van der Waals surface area contributed by atoms with Crippen LogP contribution in [0, 0.1) is 0 Å². The number of rotatable bonds is 2. The van der Waals surface area contributed by atoms with Crippen LogP contribution in [-0.4, -0.2) is 23.2 Å². The fourth-order valence-corrected chi connectivity index (χ4v) is 3.58. The van der Waals surface area contributed by atoms with Gasteiger partial charge in [0.1, 0.15) is 0 Å². The lowest BCUT2D eigenvalue weighted by Crippen LogP contribution is -2.17. The van der Waals surface area contributed by atoms with Crippen LogP contribution in [0.5, 0.6) is 0 Å². The third kappa shape index (κ3) is 2.03. The summed E-state index contributed by atoms with van der Waals surface area (Å²) in [6.45, 7) is 0. The molecule has 0 atom stereocenters. The molecule has 1 aromatic carbocycles. The van der Waals surface area contributed by atoms with Gasteiger partial charge in [-0.3, -0.25) is 4.57 Å². The lowest BCUT2D eigenvalue weighted by Gasteiger charge is -1.99. The number of thiophene rings is 1. The summed E-state index contributed by atoms with van der Waals surface area (Å²) >= 11 is 1.53. The Labute approximate surface area is 113 Å². The summed E-state index contributed by atoms with van der Waals surface area (Å²) in [5, 5.41) is 13.5. The van der Waals surface area contributed by atoms with Gasteiger partial charge in [-0.1, -0.05) is 18.2 Å². The van der Waals surface area contributed by atoms with Crippen LogP contribution in [0.2, 0.25) is 0 Å². The number of hydrogen-bond acceptors (Lipinski definition) is 5. The Balaban J connectivity index is 2.20. The smallest absolute Gasteiger partial charge is 0.273 e. The highest BCUT2D eigenvalue weighted by Crippen LogP contribution is 2.32. The van der Waals surface area contributed by atoms with Gasteiger partial charge in [-0.05, 0) is 17.5 Å². The van der Waals surface area contributed by atoms with Gasteiger partial charge in [-0.15, -0.1) is 21.5 Å². The lowest BCUT2D eigenvalue weighted by molar-refractivity contribution is 0.580. The molecule has 3 aromatic rings. The molecule has 19 heavy (non-hydrogen) atoms. The van der Waals surface area contributed by atoms with Crippen molar-refractivity contribution in [1.29, 1.82) is 0 Å². The number of primary sulfonamides is 1. The first-order valence-corrected chi connectivity index (χ1v) is 7.74. The fraction of sp³-hybridized carbons (Fsp3) is 0.0909. The fourth-order valence-electron chi connectivity index (χ4n) is 1.87. The number of nitrogens with zero attached hydrogens (tertiary/aromatic N) is 3. The van der Waals surface area contributed by atoms with Crippen LogP contribution in [0.15, 0.2) is 35.5 Å². The first-order chi connectivity index (χ1) is 8.97. The maximum atomic E-state index is 11.3. The number of fused-ring (bicyclic) bond motifs is 1. The molecule has 0 unspecified atom stereocenters. The maximum absolute atomic E-state index is 11.3. The van der Waals surface area contributed by atoms with Gasteiger partial charge < -0.3 is 0 Å². The molecule has 0 bridgehead atoms. The van der Waals surface area contributed by atoms with Crippen molar-refractivity contribution in [3.8, 4) is 10.7 Å². The van der Waals surface area contributed by atoms with Crippen molar-refractivity contribution in [2.24, 2.45) is 12.2 Å². The highest BCUT2D eigenvalue weighted by Gasteiger charge is 2.20. The molecule has 2 N–H and O–H groups in total. The van der Waals surface area contributed by atoms with E-state index in [1.165, 1.54) is 15.9 Å². The Morgan fingerprint density at radius 2 is 2.00 bits per heavy atom. The standard InChI is InChI=1S/C11H10N4O2S2/c1-15-10(13-14-11(15)19(12,16)17)9-6-7-4-2-3-5-8(7)18-9/h2-6H,1H3,(H2,12,16,17). The molecule has 0 aliphatic heterocycles. The number of sulfonamides is 1. The van der Waals surface area contributed by atoms with E-state index in [2.05, 4.69) is 10.2 Å². The first-order valence-electron chi connectivity index (χ1n) is 5.38. The van der Waals surface area contributed by atoms with E-state index >= 15 is 0 Å². The Morgan fingerprint density at radius 1 is 1.26 bits per heavy atom. The molecule has 0 spiro atoms. The van der Waals surface area contributed by atoms with Crippen molar-refractivity contribution in [2.45, 2.75) is 5.16 Å². The molecule has 0 saturated heterocycles. The van der Waals surface area contributed by atoms with E-state index < -0.39 is 10.0 Å². The molecule has 6 nitrogen and oxygen atoms in total. The van der Waals surface area contributed by atoms with Gasteiger partial charge in [0.15, 0.2) is 5.82 Å². The molecule has 2 heterocycles. The third-order valence-corrected chi connectivity index (χ3v) is 4.71. The quantitative estimate of drug-likeness (QED) is 0.772. The summed E-state index contributed by atoms with van der Waals surface area (Å²) in [6.07, 6.45) is 0. The van der Waals surface area contributed by atoms with Crippen LogP contribution in [0.4, 0.5) is 0 Å². The minimum absolute atomic E-state index is 0.236. The molecular formula is C11H10N4O2S2. The molecule has 3 rings (SSSR count). The predicted octanol–water partition coefficient (Wildman–Crippen LogP) is 1.34. The minimum Gasteiger partial charge on any atom is -0.299 e. The van der Waals surface area contributed by atoms with Gasteiger partial charge in [0.05, 0.1) is 4.88 Å². The summed E-state index contributed by atoms with van der Waals surface area (Å²) < 4.78 is 25.2. The van der Waals surface area contributed by atoms with Gasteiger partial charge in [0.25, 0.3) is 15.2 Å². The molecule has 8 heteroatoms. The number of benzene rings is 1. The Hall–Kier alpha value is -1.77. The molecule has 98 valence electrons. The Morgan fingerprint density at radius 3 is 2.63 bits per heavy atom. The molecule has 2 aromatic heterocycles. The number of aromatic nitrogens is 3. The maximum Gasteiger partial charge on any atom is 0.273 e. The zero-order valence-electron chi connectivity index (χ0n) is 9.94. The molecule has 0 aliphatic rings. The van der Waals surface area contributed by atoms with Crippen molar-refractivity contribution in [3.63, 3.8) is 0 Å².